The van der Waals surface area contributed by atoms with E-state index in [4.69, 9.17) is 0 Å². The summed E-state index contributed by atoms with van der Waals surface area (Å²) < 4.78 is 0. The number of aryl methyl sites for hydroxylation is 1. The Morgan fingerprint density at radius 3 is 2.65 bits per heavy atom. The van der Waals surface area contributed by atoms with E-state index in [1.165, 1.54) is 25.7 Å². The Hall–Kier alpha value is -1.63. The summed E-state index contributed by atoms with van der Waals surface area (Å²) >= 11 is 0. The van der Waals surface area contributed by atoms with Crippen LogP contribution in [0.2, 0.25) is 0 Å². The highest BCUT2D eigenvalue weighted by Crippen LogP contribution is 2.48. The normalized spacial score (nSPS) is 27.6. The van der Waals surface area contributed by atoms with Gasteiger partial charge in [0.15, 0.2) is 5.82 Å². The van der Waals surface area contributed by atoms with Crippen LogP contribution in [0.15, 0.2) is 0 Å². The van der Waals surface area contributed by atoms with Gasteiger partial charge in [-0.1, -0.05) is 6.42 Å². The lowest BCUT2D eigenvalue weighted by atomic mass is 9.88. The van der Waals surface area contributed by atoms with E-state index in [0.29, 0.717) is 5.56 Å². The van der Waals surface area contributed by atoms with Crippen molar-refractivity contribution in [1.82, 2.24) is 10.2 Å². The van der Waals surface area contributed by atoms with Gasteiger partial charge in [-0.3, -0.25) is 0 Å². The number of hydrogen-bond acceptors (Lipinski definition) is 4. The molecule has 2 saturated carbocycles. The fourth-order valence-electron chi connectivity index (χ4n) is 4.04. The molecule has 0 aromatic carbocycles. The molecule has 2 aliphatic rings. The van der Waals surface area contributed by atoms with Gasteiger partial charge < -0.3 is 4.90 Å². The van der Waals surface area contributed by atoms with Crippen molar-refractivity contribution in [2.45, 2.75) is 39.5 Å². The second kappa shape index (κ2) is 5.05. The molecule has 1 heterocycles. The van der Waals surface area contributed by atoms with Crippen LogP contribution < -0.4 is 4.90 Å². The molecule has 106 valence electrons. The van der Waals surface area contributed by atoms with Crippen LogP contribution in [0.25, 0.3) is 0 Å². The quantitative estimate of drug-likeness (QED) is 0.847. The first-order chi connectivity index (χ1) is 9.60. The molecule has 0 radical (unpaired) electrons. The maximum atomic E-state index is 9.39. The third-order valence-electron chi connectivity index (χ3n) is 5.30. The van der Waals surface area contributed by atoms with Gasteiger partial charge in [-0.25, -0.2) is 0 Å². The molecule has 0 saturated heterocycles. The van der Waals surface area contributed by atoms with Crippen LogP contribution in [0.3, 0.4) is 0 Å². The summed E-state index contributed by atoms with van der Waals surface area (Å²) in [4.78, 5) is 2.14. The molecule has 3 atom stereocenters. The van der Waals surface area contributed by atoms with Crippen molar-refractivity contribution in [2.24, 2.45) is 17.8 Å². The van der Waals surface area contributed by atoms with Gasteiger partial charge in [-0.05, 0) is 56.4 Å². The first kappa shape index (κ1) is 13.4. The predicted octanol–water partition coefficient (Wildman–Crippen LogP) is 2.84. The smallest absolute Gasteiger partial charge is 0.169 e. The number of nitriles is 1. The van der Waals surface area contributed by atoms with Crippen molar-refractivity contribution in [2.75, 3.05) is 18.5 Å². The summed E-state index contributed by atoms with van der Waals surface area (Å²) in [7, 11) is 2.05. The molecule has 2 bridgehead atoms. The Morgan fingerprint density at radius 2 is 2.05 bits per heavy atom. The minimum atomic E-state index is 0.683. The maximum absolute atomic E-state index is 9.39. The summed E-state index contributed by atoms with van der Waals surface area (Å²) in [5.74, 6) is 3.37. The highest BCUT2D eigenvalue weighted by atomic mass is 15.2. The molecule has 3 rings (SSSR count). The largest absolute Gasteiger partial charge is 0.357 e. The highest BCUT2D eigenvalue weighted by Gasteiger charge is 2.39. The predicted molar refractivity (Wildman–Crippen MR) is 78.4 cm³/mol. The second-order valence-corrected chi connectivity index (χ2v) is 6.54. The molecule has 2 aliphatic carbocycles. The van der Waals surface area contributed by atoms with Gasteiger partial charge >= 0.3 is 0 Å². The van der Waals surface area contributed by atoms with Crippen LogP contribution in [-0.4, -0.2) is 23.8 Å². The van der Waals surface area contributed by atoms with Crippen molar-refractivity contribution in [3.05, 3.63) is 16.8 Å². The fraction of sp³-hybridized carbons (Fsp3) is 0.688. The number of aromatic nitrogens is 2. The van der Waals surface area contributed by atoms with Crippen molar-refractivity contribution in [3.8, 4) is 6.07 Å². The molecule has 2 fully saturated rings. The van der Waals surface area contributed by atoms with E-state index in [1.807, 2.05) is 20.9 Å². The van der Waals surface area contributed by atoms with E-state index in [0.717, 1.165) is 41.4 Å². The fourth-order valence-corrected chi connectivity index (χ4v) is 4.04. The molecule has 20 heavy (non-hydrogen) atoms. The lowest BCUT2D eigenvalue weighted by Gasteiger charge is -2.28. The van der Waals surface area contributed by atoms with Gasteiger partial charge in [0.1, 0.15) is 11.6 Å². The van der Waals surface area contributed by atoms with Gasteiger partial charge in [-0.15, -0.1) is 5.10 Å². The van der Waals surface area contributed by atoms with Gasteiger partial charge in [0, 0.05) is 13.6 Å². The molecule has 4 nitrogen and oxygen atoms in total. The molecule has 1 aromatic heterocycles. The summed E-state index contributed by atoms with van der Waals surface area (Å²) in [5.41, 5.74) is 2.49. The van der Waals surface area contributed by atoms with Crippen LogP contribution in [0.4, 0.5) is 5.82 Å². The van der Waals surface area contributed by atoms with Crippen LogP contribution in [-0.2, 0) is 0 Å². The minimum Gasteiger partial charge on any atom is -0.357 e. The maximum Gasteiger partial charge on any atom is 0.169 e. The summed E-state index contributed by atoms with van der Waals surface area (Å²) in [6.45, 7) is 4.87. The Kier molecular flexibility index (Phi) is 3.37. The molecule has 4 heteroatoms. The van der Waals surface area contributed by atoms with Gasteiger partial charge in [-0.2, -0.15) is 10.4 Å². The second-order valence-electron chi connectivity index (χ2n) is 6.54. The average Bonchev–Trinajstić information content (AvgIpc) is 3.03. The van der Waals surface area contributed by atoms with Crippen molar-refractivity contribution < 1.29 is 0 Å². The van der Waals surface area contributed by atoms with Gasteiger partial charge in [0.25, 0.3) is 0 Å². The van der Waals surface area contributed by atoms with E-state index in [-0.39, 0.29) is 0 Å². The van der Waals surface area contributed by atoms with Crippen molar-refractivity contribution >= 4 is 5.82 Å². The number of anilines is 1. The third kappa shape index (κ3) is 2.15. The lowest BCUT2D eigenvalue weighted by molar-refractivity contribution is 0.337. The van der Waals surface area contributed by atoms with Gasteiger partial charge in [0.2, 0.25) is 0 Å². The van der Waals surface area contributed by atoms with E-state index in [2.05, 4.69) is 21.2 Å². The summed E-state index contributed by atoms with van der Waals surface area (Å²) in [6.07, 6.45) is 5.60. The zero-order valence-corrected chi connectivity index (χ0v) is 12.6. The summed E-state index contributed by atoms with van der Waals surface area (Å²) in [6, 6.07) is 2.30. The molecule has 0 spiro atoms. The zero-order valence-electron chi connectivity index (χ0n) is 12.6. The first-order valence-corrected chi connectivity index (χ1v) is 7.55. The summed E-state index contributed by atoms with van der Waals surface area (Å²) in [5, 5.41) is 17.8. The van der Waals surface area contributed by atoms with E-state index in [1.54, 1.807) is 0 Å². The minimum absolute atomic E-state index is 0.683. The van der Waals surface area contributed by atoms with E-state index in [9.17, 15) is 5.26 Å². The Labute approximate surface area is 120 Å². The van der Waals surface area contributed by atoms with Crippen molar-refractivity contribution in [3.63, 3.8) is 0 Å². The van der Waals surface area contributed by atoms with Crippen LogP contribution in [0, 0.1) is 42.9 Å². The standard InChI is InChI=1S/C16H22N4/c1-10-11(2)18-19-16(15(10)8-17)20(3)9-14-7-12-4-5-13(14)6-12/h12-14H,4-7,9H2,1-3H3. The molecule has 0 aliphatic heterocycles. The van der Waals surface area contributed by atoms with Crippen LogP contribution in [0.1, 0.15) is 42.5 Å². The van der Waals surface area contributed by atoms with Crippen LogP contribution in [0.5, 0.6) is 0 Å². The first-order valence-electron chi connectivity index (χ1n) is 7.55. The highest BCUT2D eigenvalue weighted by molar-refractivity contribution is 5.57. The zero-order chi connectivity index (χ0) is 14.3. The number of nitrogens with zero attached hydrogens (tertiary/aromatic N) is 4. The molecule has 3 unspecified atom stereocenters. The van der Waals surface area contributed by atoms with E-state index < -0.39 is 0 Å². The molecule has 0 N–H and O–H groups in total. The van der Waals surface area contributed by atoms with E-state index >= 15 is 0 Å². The average molecular weight is 270 g/mol. The number of hydrogen-bond donors (Lipinski definition) is 0. The number of rotatable bonds is 3. The third-order valence-corrected chi connectivity index (χ3v) is 5.30. The molecule has 0 amide bonds. The van der Waals surface area contributed by atoms with Crippen molar-refractivity contribution in [1.29, 1.82) is 5.26 Å². The molecular weight excluding hydrogens is 248 g/mol. The number of fused-ring (bicyclic) bond motifs is 2. The topological polar surface area (TPSA) is 52.8 Å². The SMILES string of the molecule is Cc1nnc(N(C)CC2CC3CCC2C3)c(C#N)c1C. The lowest BCUT2D eigenvalue weighted by Crippen LogP contribution is -2.30. The van der Waals surface area contributed by atoms with Crippen LogP contribution >= 0.6 is 0 Å². The Bertz CT molecular complexity index is 560. The molecular formula is C16H22N4. The molecule has 1 aromatic rings. The Morgan fingerprint density at radius 1 is 1.25 bits per heavy atom. The Balaban J connectivity index is 1.79. The van der Waals surface area contributed by atoms with Gasteiger partial charge in [0.05, 0.1) is 5.69 Å². The monoisotopic (exact) mass is 270 g/mol.